The fourth-order valence-electron chi connectivity index (χ4n) is 4.14. The smallest absolute Gasteiger partial charge is 0.244 e. The topological polar surface area (TPSA) is 80.5 Å². The van der Waals surface area contributed by atoms with Gasteiger partial charge in [-0.15, -0.1) is 12.4 Å². The number of nitrogens with zero attached hydrogens (tertiary/aromatic N) is 1. The molecule has 0 spiro atoms. The minimum atomic E-state index is -3.72. The number of aryl methyl sites for hydroxylation is 1. The number of hydrogen-bond acceptors (Lipinski definition) is 4. The maximum atomic E-state index is 13.4. The van der Waals surface area contributed by atoms with Gasteiger partial charge in [-0.2, -0.15) is 0 Å². The lowest BCUT2D eigenvalue weighted by molar-refractivity contribution is -0.133. The number of nitrogens with two attached hydrogens (primary N) is 1. The van der Waals surface area contributed by atoms with Crippen LogP contribution in [0.5, 0.6) is 0 Å². The van der Waals surface area contributed by atoms with Crippen molar-refractivity contribution in [1.29, 1.82) is 0 Å². The van der Waals surface area contributed by atoms with Crippen LogP contribution in [0.3, 0.4) is 0 Å². The van der Waals surface area contributed by atoms with Gasteiger partial charge in [0.05, 0.1) is 4.90 Å². The summed E-state index contributed by atoms with van der Waals surface area (Å²) in [5, 5.41) is 0. The molecule has 1 aromatic rings. The van der Waals surface area contributed by atoms with E-state index in [0.29, 0.717) is 32.5 Å². The van der Waals surface area contributed by atoms with Crippen LogP contribution in [0.25, 0.3) is 0 Å². The Labute approximate surface area is 162 Å². The number of halogens is 1. The fourth-order valence-corrected chi connectivity index (χ4v) is 6.27. The summed E-state index contributed by atoms with van der Waals surface area (Å²) >= 11 is 0. The first-order valence-electron chi connectivity index (χ1n) is 9.05. The van der Waals surface area contributed by atoms with Crippen molar-refractivity contribution in [2.24, 2.45) is 11.1 Å². The molecular formula is C19H29ClN2O3S. The van der Waals surface area contributed by atoms with Gasteiger partial charge in [-0.1, -0.05) is 37.5 Å². The second-order valence-electron chi connectivity index (χ2n) is 8.01. The SMILES string of the molecule is Cc1ccc(S(=O)(=O)C2(C(=O)N3CCC(C)(CN)C3)CCCC2)cc1.Cl. The Kier molecular flexibility index (Phi) is 6.10. The van der Waals surface area contributed by atoms with Gasteiger partial charge in [0, 0.05) is 13.1 Å². The van der Waals surface area contributed by atoms with Crippen molar-refractivity contribution >= 4 is 28.2 Å². The first-order valence-corrected chi connectivity index (χ1v) is 10.5. The van der Waals surface area contributed by atoms with Crippen LogP contribution >= 0.6 is 12.4 Å². The zero-order valence-corrected chi connectivity index (χ0v) is 17.2. The van der Waals surface area contributed by atoms with Gasteiger partial charge in [0.15, 0.2) is 14.6 Å². The van der Waals surface area contributed by atoms with Gasteiger partial charge in [0.2, 0.25) is 5.91 Å². The Hall–Kier alpha value is -1.11. The van der Waals surface area contributed by atoms with Crippen LogP contribution in [0.15, 0.2) is 29.2 Å². The molecule has 1 unspecified atom stereocenters. The van der Waals surface area contributed by atoms with Crippen molar-refractivity contribution in [3.63, 3.8) is 0 Å². The van der Waals surface area contributed by atoms with Crippen LogP contribution < -0.4 is 5.73 Å². The van der Waals surface area contributed by atoms with Gasteiger partial charge in [0.1, 0.15) is 0 Å². The largest absolute Gasteiger partial charge is 0.341 e. The number of benzene rings is 1. The van der Waals surface area contributed by atoms with Crippen molar-refractivity contribution in [3.8, 4) is 0 Å². The molecule has 2 fully saturated rings. The first-order chi connectivity index (χ1) is 11.7. The molecule has 1 saturated carbocycles. The summed E-state index contributed by atoms with van der Waals surface area (Å²) in [5.41, 5.74) is 6.75. The lowest BCUT2D eigenvalue weighted by Crippen LogP contribution is -2.52. The molecule has 2 N–H and O–H groups in total. The van der Waals surface area contributed by atoms with Gasteiger partial charge in [0.25, 0.3) is 0 Å². The van der Waals surface area contributed by atoms with Crippen molar-refractivity contribution in [1.82, 2.24) is 4.90 Å². The summed E-state index contributed by atoms with van der Waals surface area (Å²) in [4.78, 5) is 15.4. The third-order valence-electron chi connectivity index (χ3n) is 5.98. The van der Waals surface area contributed by atoms with E-state index >= 15 is 0 Å². The molecule has 1 aliphatic carbocycles. The van der Waals surface area contributed by atoms with E-state index in [2.05, 4.69) is 6.92 Å². The van der Waals surface area contributed by atoms with Crippen molar-refractivity contribution < 1.29 is 13.2 Å². The fraction of sp³-hybridized carbons (Fsp3) is 0.632. The molecule has 26 heavy (non-hydrogen) atoms. The minimum Gasteiger partial charge on any atom is -0.341 e. The Morgan fingerprint density at radius 2 is 1.73 bits per heavy atom. The lowest BCUT2D eigenvalue weighted by atomic mass is 9.90. The summed E-state index contributed by atoms with van der Waals surface area (Å²) in [6.45, 7) is 5.64. The zero-order chi connectivity index (χ0) is 18.3. The van der Waals surface area contributed by atoms with E-state index in [0.717, 1.165) is 24.8 Å². The Bertz CT molecular complexity index is 757. The second-order valence-corrected chi connectivity index (χ2v) is 10.3. The summed E-state index contributed by atoms with van der Waals surface area (Å²) in [7, 11) is -3.72. The van der Waals surface area contributed by atoms with Crippen LogP contribution in [0.1, 0.15) is 44.6 Å². The number of carbonyl (C=O) groups is 1. The average Bonchev–Trinajstić information content (AvgIpc) is 3.23. The minimum absolute atomic E-state index is 0. The number of sulfone groups is 1. The average molecular weight is 401 g/mol. The molecule has 146 valence electrons. The van der Waals surface area contributed by atoms with E-state index in [1.54, 1.807) is 29.2 Å². The molecule has 0 aromatic heterocycles. The molecule has 1 atom stereocenters. The van der Waals surface area contributed by atoms with Crippen molar-refractivity contribution in [2.75, 3.05) is 19.6 Å². The van der Waals surface area contributed by atoms with Crippen LogP contribution in [-0.4, -0.2) is 43.6 Å². The highest BCUT2D eigenvalue weighted by Gasteiger charge is 2.55. The van der Waals surface area contributed by atoms with Crippen LogP contribution in [0, 0.1) is 12.3 Å². The molecule has 1 heterocycles. The van der Waals surface area contributed by atoms with Crippen LogP contribution in [-0.2, 0) is 14.6 Å². The molecule has 7 heteroatoms. The molecular weight excluding hydrogens is 372 g/mol. The molecule has 1 amide bonds. The normalized spacial score (nSPS) is 25.1. The Balaban J connectivity index is 0.00000243. The van der Waals surface area contributed by atoms with E-state index in [1.165, 1.54) is 0 Å². The van der Waals surface area contributed by atoms with E-state index in [4.69, 9.17) is 5.73 Å². The Morgan fingerprint density at radius 1 is 1.15 bits per heavy atom. The number of likely N-dealkylation sites (tertiary alicyclic amines) is 1. The number of rotatable bonds is 4. The van der Waals surface area contributed by atoms with Gasteiger partial charge < -0.3 is 10.6 Å². The summed E-state index contributed by atoms with van der Waals surface area (Å²) in [5.74, 6) is -0.220. The second kappa shape index (κ2) is 7.49. The molecule has 1 aliphatic heterocycles. The molecule has 0 bridgehead atoms. The van der Waals surface area contributed by atoms with Gasteiger partial charge in [-0.05, 0) is 50.3 Å². The lowest BCUT2D eigenvalue weighted by Gasteiger charge is -2.33. The number of amides is 1. The predicted octanol–water partition coefficient (Wildman–Crippen LogP) is 2.70. The summed E-state index contributed by atoms with van der Waals surface area (Å²) < 4.78 is 25.5. The summed E-state index contributed by atoms with van der Waals surface area (Å²) in [6.07, 6.45) is 3.21. The standard InChI is InChI=1S/C19H28N2O3S.ClH/c1-15-5-7-16(8-6-15)25(23,24)19(9-3-4-10-19)17(22)21-12-11-18(2,13-20)14-21;/h5-8H,3-4,9-14,20H2,1-2H3;1H. The Morgan fingerprint density at radius 3 is 2.23 bits per heavy atom. The van der Waals surface area contributed by atoms with Crippen LogP contribution in [0.2, 0.25) is 0 Å². The van der Waals surface area contributed by atoms with Gasteiger partial charge >= 0.3 is 0 Å². The van der Waals surface area contributed by atoms with Gasteiger partial charge in [-0.25, -0.2) is 8.42 Å². The molecule has 0 radical (unpaired) electrons. The summed E-state index contributed by atoms with van der Waals surface area (Å²) in [6, 6.07) is 6.85. The van der Waals surface area contributed by atoms with Gasteiger partial charge in [-0.3, -0.25) is 4.79 Å². The maximum absolute atomic E-state index is 13.4. The van der Waals surface area contributed by atoms with E-state index < -0.39 is 14.6 Å². The maximum Gasteiger partial charge on any atom is 0.244 e. The van der Waals surface area contributed by atoms with E-state index in [1.807, 2.05) is 6.92 Å². The quantitative estimate of drug-likeness (QED) is 0.842. The molecule has 2 aliphatic rings. The third kappa shape index (κ3) is 3.39. The first kappa shape index (κ1) is 21.2. The monoisotopic (exact) mass is 400 g/mol. The molecule has 1 saturated heterocycles. The van der Waals surface area contributed by atoms with Crippen molar-refractivity contribution in [3.05, 3.63) is 29.8 Å². The van der Waals surface area contributed by atoms with E-state index in [9.17, 15) is 13.2 Å². The number of carbonyl (C=O) groups excluding carboxylic acids is 1. The van der Waals surface area contributed by atoms with Crippen LogP contribution in [0.4, 0.5) is 0 Å². The van der Waals surface area contributed by atoms with E-state index in [-0.39, 0.29) is 28.6 Å². The third-order valence-corrected chi connectivity index (χ3v) is 8.49. The predicted molar refractivity (Wildman–Crippen MR) is 105 cm³/mol. The van der Waals surface area contributed by atoms with Crippen molar-refractivity contribution in [2.45, 2.75) is 55.6 Å². The highest BCUT2D eigenvalue weighted by atomic mass is 35.5. The highest BCUT2D eigenvalue weighted by molar-refractivity contribution is 7.93. The zero-order valence-electron chi connectivity index (χ0n) is 15.5. The molecule has 3 rings (SSSR count). The molecule has 5 nitrogen and oxygen atoms in total. The molecule has 1 aromatic carbocycles. The highest BCUT2D eigenvalue weighted by Crippen LogP contribution is 2.43. The number of hydrogen-bond donors (Lipinski definition) is 1.